The van der Waals surface area contributed by atoms with Gasteiger partial charge >= 0.3 is 0 Å². The van der Waals surface area contributed by atoms with E-state index in [1.54, 1.807) is 30.2 Å². The fraction of sp³-hybridized carbons (Fsp3) is 0.545. The Morgan fingerprint density at radius 3 is 2.74 bits per heavy atom. The van der Waals surface area contributed by atoms with Gasteiger partial charge < -0.3 is 20.4 Å². The van der Waals surface area contributed by atoms with E-state index in [0.717, 1.165) is 19.6 Å². The molecule has 9 heteroatoms. The number of fused-ring (bicyclic) bond motifs is 1. The number of amides is 3. The molecule has 0 saturated carbocycles. The van der Waals surface area contributed by atoms with Crippen LogP contribution in [-0.2, 0) is 9.59 Å². The lowest BCUT2D eigenvalue weighted by molar-refractivity contribution is -0.145. The summed E-state index contributed by atoms with van der Waals surface area (Å²) in [7, 11) is 0. The van der Waals surface area contributed by atoms with Gasteiger partial charge in [-0.05, 0) is 25.5 Å². The summed E-state index contributed by atoms with van der Waals surface area (Å²) in [6, 6.07) is 2.92. The highest BCUT2D eigenvalue weighted by Crippen LogP contribution is 2.31. The van der Waals surface area contributed by atoms with Gasteiger partial charge in [0.1, 0.15) is 17.5 Å². The zero-order chi connectivity index (χ0) is 22.0. The fourth-order valence-corrected chi connectivity index (χ4v) is 4.65. The molecule has 166 valence electrons. The maximum atomic E-state index is 13.1. The third-order valence-corrected chi connectivity index (χ3v) is 6.52. The van der Waals surface area contributed by atoms with Crippen molar-refractivity contribution in [3.8, 4) is 0 Å². The minimum atomic E-state index is -0.734. The van der Waals surface area contributed by atoms with Crippen LogP contribution in [0.1, 0.15) is 36.5 Å². The lowest BCUT2D eigenvalue weighted by Gasteiger charge is -2.40. The minimum Gasteiger partial charge on any atom is -0.347 e. The van der Waals surface area contributed by atoms with E-state index in [4.69, 9.17) is 0 Å². The largest absolute Gasteiger partial charge is 0.347 e. The number of aromatic nitrogens is 1. The molecule has 3 aliphatic heterocycles. The van der Waals surface area contributed by atoms with Crippen molar-refractivity contribution in [1.82, 2.24) is 25.0 Å². The van der Waals surface area contributed by atoms with Crippen LogP contribution >= 0.6 is 0 Å². The van der Waals surface area contributed by atoms with Gasteiger partial charge in [-0.25, -0.2) is 4.98 Å². The van der Waals surface area contributed by atoms with Crippen molar-refractivity contribution in [3.63, 3.8) is 0 Å². The van der Waals surface area contributed by atoms with E-state index in [-0.39, 0.29) is 24.1 Å². The SMILES string of the molecule is C=CCN1CCN(C(=O)C(C)N2CCC3(CCC2=O)NC(=O)c2cccnc2N3)CC1. The maximum absolute atomic E-state index is 13.1. The molecule has 0 radical (unpaired) electrons. The first kappa shape index (κ1) is 21.3. The molecule has 4 rings (SSSR count). The van der Waals surface area contributed by atoms with Crippen molar-refractivity contribution in [3.05, 3.63) is 36.5 Å². The number of anilines is 1. The average Bonchev–Trinajstić information content (AvgIpc) is 2.92. The number of pyridine rings is 1. The zero-order valence-electron chi connectivity index (χ0n) is 18.0. The van der Waals surface area contributed by atoms with Crippen LogP contribution in [0, 0.1) is 0 Å². The summed E-state index contributed by atoms with van der Waals surface area (Å²) in [6.45, 7) is 9.71. The van der Waals surface area contributed by atoms with Gasteiger partial charge in [0.2, 0.25) is 11.8 Å². The van der Waals surface area contributed by atoms with Crippen molar-refractivity contribution in [2.75, 3.05) is 44.6 Å². The second-order valence-electron chi connectivity index (χ2n) is 8.49. The molecule has 9 nitrogen and oxygen atoms in total. The quantitative estimate of drug-likeness (QED) is 0.687. The summed E-state index contributed by atoms with van der Waals surface area (Å²) < 4.78 is 0. The Morgan fingerprint density at radius 2 is 2.00 bits per heavy atom. The summed E-state index contributed by atoms with van der Waals surface area (Å²) in [5.41, 5.74) is -0.234. The van der Waals surface area contributed by atoms with E-state index in [1.807, 2.05) is 11.0 Å². The number of carbonyl (C=O) groups is 3. The number of hydrogen-bond acceptors (Lipinski definition) is 6. The fourth-order valence-electron chi connectivity index (χ4n) is 4.65. The molecule has 1 spiro atoms. The second kappa shape index (κ2) is 8.66. The van der Waals surface area contributed by atoms with Crippen LogP contribution in [0.5, 0.6) is 0 Å². The van der Waals surface area contributed by atoms with Crippen LogP contribution in [0.3, 0.4) is 0 Å². The van der Waals surface area contributed by atoms with Crippen LogP contribution in [-0.4, -0.2) is 88.4 Å². The minimum absolute atomic E-state index is 0.0183. The molecule has 2 unspecified atom stereocenters. The summed E-state index contributed by atoms with van der Waals surface area (Å²) in [5.74, 6) is 0.263. The Hall–Kier alpha value is -2.94. The molecule has 2 fully saturated rings. The van der Waals surface area contributed by atoms with Crippen molar-refractivity contribution >= 4 is 23.5 Å². The Balaban J connectivity index is 1.42. The standard InChI is InChI=1S/C22H30N6O3/c1-3-10-26-12-14-27(15-13-26)21(31)16(2)28-11-8-22(7-6-18(28)29)24-19-17(20(30)25-22)5-4-9-23-19/h3-5,9,16H,1,6-8,10-15H2,2H3,(H,23,24)(H,25,30). The molecule has 2 N–H and O–H groups in total. The Morgan fingerprint density at radius 1 is 1.23 bits per heavy atom. The molecule has 2 saturated heterocycles. The molecule has 4 heterocycles. The highest BCUT2D eigenvalue weighted by atomic mass is 16.2. The number of nitrogens with zero attached hydrogens (tertiary/aromatic N) is 4. The van der Waals surface area contributed by atoms with E-state index < -0.39 is 11.7 Å². The van der Waals surface area contributed by atoms with Crippen molar-refractivity contribution in [2.45, 2.75) is 37.9 Å². The maximum Gasteiger partial charge on any atom is 0.256 e. The zero-order valence-corrected chi connectivity index (χ0v) is 18.0. The molecule has 0 bridgehead atoms. The number of piperazine rings is 1. The Kier molecular flexibility index (Phi) is 5.95. The van der Waals surface area contributed by atoms with E-state index in [2.05, 4.69) is 27.1 Å². The van der Waals surface area contributed by atoms with E-state index in [0.29, 0.717) is 43.9 Å². The molecule has 3 aliphatic rings. The molecule has 1 aromatic rings. The molecular weight excluding hydrogens is 396 g/mol. The third-order valence-electron chi connectivity index (χ3n) is 6.52. The molecular formula is C22H30N6O3. The second-order valence-corrected chi connectivity index (χ2v) is 8.49. The van der Waals surface area contributed by atoms with Gasteiger partial charge in [-0.3, -0.25) is 19.3 Å². The van der Waals surface area contributed by atoms with Crippen molar-refractivity contribution in [2.24, 2.45) is 0 Å². The van der Waals surface area contributed by atoms with Crippen LogP contribution in [0.2, 0.25) is 0 Å². The van der Waals surface area contributed by atoms with Gasteiger partial charge in [0.05, 0.1) is 5.56 Å². The third kappa shape index (κ3) is 4.27. The van der Waals surface area contributed by atoms with Crippen LogP contribution in [0.15, 0.2) is 31.0 Å². The highest BCUT2D eigenvalue weighted by Gasteiger charge is 2.42. The van der Waals surface area contributed by atoms with Gasteiger partial charge in [0.15, 0.2) is 0 Å². The molecule has 0 aliphatic carbocycles. The molecule has 3 amide bonds. The van der Waals surface area contributed by atoms with Gasteiger partial charge in [0.25, 0.3) is 5.91 Å². The van der Waals surface area contributed by atoms with Crippen LogP contribution in [0.4, 0.5) is 5.82 Å². The van der Waals surface area contributed by atoms with E-state index in [9.17, 15) is 14.4 Å². The molecule has 0 aromatic carbocycles. The van der Waals surface area contributed by atoms with Crippen LogP contribution in [0.25, 0.3) is 0 Å². The lowest BCUT2D eigenvalue weighted by Crippen LogP contribution is -2.58. The van der Waals surface area contributed by atoms with Crippen molar-refractivity contribution < 1.29 is 14.4 Å². The number of nitrogens with one attached hydrogen (secondary N) is 2. The molecule has 2 atom stereocenters. The van der Waals surface area contributed by atoms with Gasteiger partial charge in [-0.15, -0.1) is 6.58 Å². The predicted molar refractivity (Wildman–Crippen MR) is 116 cm³/mol. The highest BCUT2D eigenvalue weighted by molar-refractivity contribution is 6.01. The normalized spacial score (nSPS) is 25.3. The Bertz CT molecular complexity index is 882. The smallest absolute Gasteiger partial charge is 0.256 e. The topological polar surface area (TPSA) is 97.9 Å². The van der Waals surface area contributed by atoms with E-state index in [1.165, 1.54) is 0 Å². The van der Waals surface area contributed by atoms with Gasteiger partial charge in [-0.2, -0.15) is 0 Å². The van der Waals surface area contributed by atoms with Crippen molar-refractivity contribution in [1.29, 1.82) is 0 Å². The Labute approximate surface area is 182 Å². The summed E-state index contributed by atoms with van der Waals surface area (Å²) in [6.07, 6.45) is 4.72. The molecule has 1 aromatic heterocycles. The summed E-state index contributed by atoms with van der Waals surface area (Å²) >= 11 is 0. The summed E-state index contributed by atoms with van der Waals surface area (Å²) in [5, 5.41) is 6.38. The van der Waals surface area contributed by atoms with E-state index >= 15 is 0 Å². The average molecular weight is 427 g/mol. The van der Waals surface area contributed by atoms with Gasteiger partial charge in [0, 0.05) is 58.3 Å². The number of likely N-dealkylation sites (tertiary alicyclic amines) is 1. The lowest BCUT2D eigenvalue weighted by atomic mass is 9.97. The first-order valence-corrected chi connectivity index (χ1v) is 10.9. The monoisotopic (exact) mass is 426 g/mol. The number of hydrogen-bond donors (Lipinski definition) is 2. The predicted octanol–water partition coefficient (Wildman–Crippen LogP) is 0.664. The molecule has 31 heavy (non-hydrogen) atoms. The number of rotatable bonds is 4. The van der Waals surface area contributed by atoms with Crippen LogP contribution < -0.4 is 10.6 Å². The summed E-state index contributed by atoms with van der Waals surface area (Å²) in [4.78, 5) is 48.7. The number of carbonyl (C=O) groups excluding carboxylic acids is 3. The first-order valence-electron chi connectivity index (χ1n) is 10.9. The first-order chi connectivity index (χ1) is 14.9. The van der Waals surface area contributed by atoms with Gasteiger partial charge in [-0.1, -0.05) is 6.08 Å².